The van der Waals surface area contributed by atoms with Gasteiger partial charge >= 0.3 is 0 Å². The van der Waals surface area contributed by atoms with Gasteiger partial charge in [-0.1, -0.05) is 52.0 Å². The largest absolute Gasteiger partial charge is 0.366 e. The third kappa shape index (κ3) is 7.45. The maximum absolute atomic E-state index is 14.3. The molecule has 2 aliphatic rings. The first-order chi connectivity index (χ1) is 21.6. The van der Waals surface area contributed by atoms with Gasteiger partial charge in [-0.3, -0.25) is 4.90 Å². The fraction of sp³-hybridized carbons (Fsp3) is 0.447. The topological polar surface area (TPSA) is 69.8 Å². The number of imidazole rings is 1. The van der Waals surface area contributed by atoms with Crippen LogP contribution in [0.25, 0.3) is 16.6 Å². The average Bonchev–Trinajstić information content (AvgIpc) is 3.33. The highest BCUT2D eigenvalue weighted by Crippen LogP contribution is 2.34. The number of halogens is 1. The number of anilines is 1. The van der Waals surface area contributed by atoms with Crippen LogP contribution in [0.2, 0.25) is 0 Å². The first kappa shape index (κ1) is 31.0. The maximum Gasteiger partial charge on any atom is 0.129 e. The second-order valence-electron chi connectivity index (χ2n) is 14.2. The Morgan fingerprint density at radius 2 is 1.84 bits per heavy atom. The fourth-order valence-corrected chi connectivity index (χ4v) is 6.70. The molecule has 0 radical (unpaired) electrons. The molecule has 1 saturated heterocycles. The highest BCUT2D eigenvalue weighted by atomic mass is 19.1. The van der Waals surface area contributed by atoms with Crippen molar-refractivity contribution >= 4 is 22.4 Å². The molecule has 0 amide bonds. The van der Waals surface area contributed by atoms with Crippen LogP contribution in [0, 0.1) is 28.5 Å². The van der Waals surface area contributed by atoms with E-state index in [0.29, 0.717) is 23.6 Å². The predicted molar refractivity (Wildman–Crippen MR) is 180 cm³/mol. The van der Waals surface area contributed by atoms with Crippen molar-refractivity contribution in [3.63, 3.8) is 0 Å². The second-order valence-corrected chi connectivity index (χ2v) is 14.2. The Bertz CT molecular complexity index is 1710. The third-order valence-corrected chi connectivity index (χ3v) is 9.43. The molecule has 2 fully saturated rings. The highest BCUT2D eigenvalue weighted by molar-refractivity contribution is 5.81. The minimum Gasteiger partial charge on any atom is -0.366 e. The van der Waals surface area contributed by atoms with Crippen LogP contribution in [0.15, 0.2) is 61.2 Å². The number of nitrogens with one attached hydrogen (secondary N) is 1. The zero-order valence-corrected chi connectivity index (χ0v) is 27.0. The molecule has 6 nitrogen and oxygen atoms in total. The molecule has 0 bridgehead atoms. The van der Waals surface area contributed by atoms with Gasteiger partial charge in [-0.15, -0.1) is 0 Å². The summed E-state index contributed by atoms with van der Waals surface area (Å²) in [5, 5.41) is 12.3. The lowest BCUT2D eigenvalue weighted by atomic mass is 9.85. The molecule has 2 aromatic heterocycles. The number of piperidine rings is 1. The van der Waals surface area contributed by atoms with E-state index in [1.165, 1.54) is 47.8 Å². The molecule has 6 rings (SSSR count). The van der Waals surface area contributed by atoms with E-state index in [2.05, 4.69) is 66.4 Å². The number of fused-ring (bicyclic) bond motifs is 1. The average molecular weight is 605 g/mol. The summed E-state index contributed by atoms with van der Waals surface area (Å²) in [6.07, 6.45) is 7.01. The van der Waals surface area contributed by atoms with E-state index in [0.717, 1.165) is 68.4 Å². The van der Waals surface area contributed by atoms with Gasteiger partial charge in [0.15, 0.2) is 0 Å². The predicted octanol–water partition coefficient (Wildman–Crippen LogP) is 8.68. The number of aromatic nitrogens is 3. The van der Waals surface area contributed by atoms with Crippen LogP contribution in [-0.2, 0) is 19.6 Å². The number of nitriles is 1. The number of benzene rings is 2. The number of rotatable bonds is 10. The minimum atomic E-state index is -0.377. The number of nitrogens with zero attached hydrogens (tertiary/aromatic N) is 5. The van der Waals surface area contributed by atoms with Crippen LogP contribution in [-0.4, -0.2) is 32.5 Å². The Morgan fingerprint density at radius 1 is 1.04 bits per heavy atom. The van der Waals surface area contributed by atoms with Gasteiger partial charge in [0.25, 0.3) is 0 Å². The van der Waals surface area contributed by atoms with Gasteiger partial charge in [0.2, 0.25) is 0 Å². The summed E-state index contributed by atoms with van der Waals surface area (Å²) >= 11 is 0. The smallest absolute Gasteiger partial charge is 0.129 e. The molecule has 0 spiro atoms. The van der Waals surface area contributed by atoms with E-state index in [4.69, 9.17) is 15.2 Å². The molecule has 2 aromatic carbocycles. The van der Waals surface area contributed by atoms with Crippen LogP contribution in [0.3, 0.4) is 0 Å². The molecule has 234 valence electrons. The normalized spacial score (nSPS) is 16.4. The van der Waals surface area contributed by atoms with Crippen molar-refractivity contribution in [3.05, 3.63) is 95.2 Å². The van der Waals surface area contributed by atoms with Crippen molar-refractivity contribution in [2.75, 3.05) is 18.4 Å². The van der Waals surface area contributed by atoms with Crippen molar-refractivity contribution < 1.29 is 4.39 Å². The van der Waals surface area contributed by atoms with Crippen LogP contribution < -0.4 is 5.32 Å². The molecule has 1 aliphatic heterocycles. The number of likely N-dealkylation sites (tertiary alicyclic amines) is 1. The van der Waals surface area contributed by atoms with Crippen molar-refractivity contribution in [1.29, 1.82) is 5.26 Å². The molecule has 0 unspecified atom stereocenters. The van der Waals surface area contributed by atoms with Gasteiger partial charge in [-0.05, 0) is 104 Å². The monoisotopic (exact) mass is 604 g/mol. The Hall–Kier alpha value is -4.02. The van der Waals surface area contributed by atoms with Crippen molar-refractivity contribution in [2.24, 2.45) is 11.3 Å². The zero-order valence-electron chi connectivity index (χ0n) is 27.0. The Morgan fingerprint density at radius 3 is 2.53 bits per heavy atom. The van der Waals surface area contributed by atoms with Crippen LogP contribution in [0.5, 0.6) is 0 Å². The summed E-state index contributed by atoms with van der Waals surface area (Å²) < 4.78 is 16.9. The molecule has 0 atom stereocenters. The van der Waals surface area contributed by atoms with Gasteiger partial charge in [0.1, 0.15) is 17.5 Å². The highest BCUT2D eigenvalue weighted by Gasteiger charge is 2.26. The van der Waals surface area contributed by atoms with Crippen molar-refractivity contribution in [3.8, 4) is 6.07 Å². The first-order valence-corrected chi connectivity index (χ1v) is 16.4. The summed E-state index contributed by atoms with van der Waals surface area (Å²) in [6, 6.07) is 19.3. The van der Waals surface area contributed by atoms with E-state index in [9.17, 15) is 4.39 Å². The number of hydrogen-bond acceptors (Lipinski definition) is 5. The fourth-order valence-electron chi connectivity index (χ4n) is 6.70. The van der Waals surface area contributed by atoms with Gasteiger partial charge in [-0.2, -0.15) is 5.26 Å². The maximum atomic E-state index is 14.3. The molecule has 1 N–H and O–H groups in total. The van der Waals surface area contributed by atoms with Gasteiger partial charge < -0.3 is 9.88 Å². The Balaban J connectivity index is 1.11. The number of hydrogen-bond donors (Lipinski definition) is 1. The van der Waals surface area contributed by atoms with E-state index >= 15 is 0 Å². The first-order valence-electron chi connectivity index (χ1n) is 16.4. The standard InChI is InChI=1S/C38H45FN6/c1-26(21-38(2,3)4)30-13-14-34-35(20-30)45(24-27-7-5-8-27)37(43-34)25-44-17-15-29(16-18-44)33-9-6-10-36(42-33)41-23-31-12-11-28(22-40)19-32(31)39/h6,9-14,19-20,27,29H,1,5,7-8,15-18,21,23-25H2,2-4H3,(H,41,42). The summed E-state index contributed by atoms with van der Waals surface area (Å²) in [4.78, 5) is 12.6. The number of allylic oxidation sites excluding steroid dienone is 1. The molecular formula is C38H45FN6. The van der Waals surface area contributed by atoms with Gasteiger partial charge in [0, 0.05) is 30.3 Å². The number of pyridine rings is 1. The van der Waals surface area contributed by atoms with Crippen molar-refractivity contribution in [2.45, 2.75) is 84.8 Å². The van der Waals surface area contributed by atoms with Crippen molar-refractivity contribution in [1.82, 2.24) is 19.4 Å². The third-order valence-electron chi connectivity index (χ3n) is 9.43. The second kappa shape index (κ2) is 13.1. The molecule has 45 heavy (non-hydrogen) atoms. The van der Waals surface area contributed by atoms with E-state index in [1.54, 1.807) is 12.1 Å². The summed E-state index contributed by atoms with van der Waals surface area (Å²) in [5.41, 5.74) is 6.88. The SMILES string of the molecule is C=C(CC(C)(C)C)c1ccc2nc(CN3CCC(c4cccc(NCc5ccc(C#N)cc5F)n4)CC3)n(CC3CCC3)c2c1. The van der Waals surface area contributed by atoms with Crippen LogP contribution in [0.4, 0.5) is 10.2 Å². The van der Waals surface area contributed by atoms with Crippen LogP contribution in [0.1, 0.15) is 93.4 Å². The molecule has 3 heterocycles. The zero-order chi connectivity index (χ0) is 31.6. The molecular weight excluding hydrogens is 559 g/mol. The summed E-state index contributed by atoms with van der Waals surface area (Å²) in [7, 11) is 0. The summed E-state index contributed by atoms with van der Waals surface area (Å²) in [5.74, 6) is 2.67. The van der Waals surface area contributed by atoms with E-state index in [1.807, 2.05) is 18.2 Å². The lowest BCUT2D eigenvalue weighted by Crippen LogP contribution is -2.34. The van der Waals surface area contributed by atoms with E-state index < -0.39 is 0 Å². The molecule has 7 heteroatoms. The van der Waals surface area contributed by atoms with Gasteiger partial charge in [0.05, 0.1) is 29.2 Å². The van der Waals surface area contributed by atoms with E-state index in [-0.39, 0.29) is 11.2 Å². The molecule has 4 aromatic rings. The van der Waals surface area contributed by atoms with Crippen LogP contribution >= 0.6 is 0 Å². The quantitative estimate of drug-likeness (QED) is 0.196. The Kier molecular flexibility index (Phi) is 9.05. The minimum absolute atomic E-state index is 0.203. The summed E-state index contributed by atoms with van der Waals surface area (Å²) in [6.45, 7) is 15.5. The molecule has 1 aliphatic carbocycles. The van der Waals surface area contributed by atoms with Gasteiger partial charge in [-0.25, -0.2) is 14.4 Å². The lowest BCUT2D eigenvalue weighted by Gasteiger charge is -2.32. The Labute approximate surface area is 267 Å². The molecule has 1 saturated carbocycles. The lowest BCUT2D eigenvalue weighted by molar-refractivity contribution is 0.193.